The molecule has 0 aromatic heterocycles. The minimum Gasteiger partial charge on any atom is -0.394 e. The van der Waals surface area contributed by atoms with Crippen molar-refractivity contribution in [3.63, 3.8) is 0 Å². The highest BCUT2D eigenvalue weighted by Crippen LogP contribution is 1.79. The van der Waals surface area contributed by atoms with Crippen LogP contribution in [-0.4, -0.2) is 36.3 Å². The molecule has 0 radical (unpaired) electrons. The molecule has 0 amide bonds. The van der Waals surface area contributed by atoms with Crippen LogP contribution in [0.2, 0.25) is 0 Å². The molecule has 8 heavy (non-hydrogen) atoms. The zero-order valence-corrected chi connectivity index (χ0v) is 4.58. The molecule has 50 valence electrons. The second kappa shape index (κ2) is 4.99. The van der Waals surface area contributed by atoms with Gasteiger partial charge < -0.3 is 20.7 Å². The Bertz CT molecular complexity index is 50.5. The number of hydrogen-bond donors (Lipinski definition) is 3. The highest BCUT2D eigenvalue weighted by atomic mass is 16.6. The highest BCUT2D eigenvalue weighted by Gasteiger charge is 1.96. The van der Waals surface area contributed by atoms with Gasteiger partial charge in [-0.15, -0.1) is 0 Å². The number of ether oxygens (including phenoxy) is 1. The number of aliphatic hydroxyl groups is 2. The van der Waals surface area contributed by atoms with Gasteiger partial charge in [0.05, 0.1) is 13.2 Å². The van der Waals surface area contributed by atoms with E-state index in [2.05, 4.69) is 4.74 Å². The molecule has 0 saturated heterocycles. The minimum atomic E-state index is -0.929. The standard InChI is InChI=1S/C4H11NO3/c5-3-4(7)8-2-1-6/h4,6-7H,1-3,5H2. The lowest BCUT2D eigenvalue weighted by Crippen LogP contribution is -2.24. The van der Waals surface area contributed by atoms with E-state index >= 15 is 0 Å². The fourth-order valence-corrected chi connectivity index (χ4v) is 0.257. The number of hydrogen-bond acceptors (Lipinski definition) is 4. The van der Waals surface area contributed by atoms with Gasteiger partial charge in [-0.3, -0.25) is 0 Å². The molecule has 0 aliphatic carbocycles. The van der Waals surface area contributed by atoms with Crippen LogP contribution in [-0.2, 0) is 4.74 Å². The molecule has 0 spiro atoms. The molecule has 0 aromatic carbocycles. The van der Waals surface area contributed by atoms with Gasteiger partial charge in [0.25, 0.3) is 0 Å². The Kier molecular flexibility index (Phi) is 4.89. The third-order valence-corrected chi connectivity index (χ3v) is 0.603. The summed E-state index contributed by atoms with van der Waals surface area (Å²) in [6, 6.07) is 0. The summed E-state index contributed by atoms with van der Waals surface area (Å²) in [6.45, 7) is 0.120. The normalized spacial score (nSPS) is 13.9. The van der Waals surface area contributed by atoms with Crippen molar-refractivity contribution in [1.29, 1.82) is 0 Å². The Hall–Kier alpha value is -0.160. The zero-order valence-electron chi connectivity index (χ0n) is 4.58. The van der Waals surface area contributed by atoms with Crippen molar-refractivity contribution in [3.05, 3.63) is 0 Å². The Balaban J connectivity index is 2.86. The summed E-state index contributed by atoms with van der Waals surface area (Å²) in [7, 11) is 0. The van der Waals surface area contributed by atoms with Crippen LogP contribution in [0, 0.1) is 0 Å². The fourth-order valence-electron chi connectivity index (χ4n) is 0.257. The lowest BCUT2D eigenvalue weighted by Gasteiger charge is -2.06. The molecular formula is C4H11NO3. The molecule has 1 atom stereocenters. The van der Waals surface area contributed by atoms with Gasteiger partial charge in [0.2, 0.25) is 0 Å². The molecule has 0 aliphatic rings. The molecule has 0 bridgehead atoms. The van der Waals surface area contributed by atoms with E-state index in [0.29, 0.717) is 0 Å². The van der Waals surface area contributed by atoms with E-state index in [1.165, 1.54) is 0 Å². The minimum absolute atomic E-state index is 0.0694. The summed E-state index contributed by atoms with van der Waals surface area (Å²) in [5, 5.41) is 16.7. The van der Waals surface area contributed by atoms with Crippen molar-refractivity contribution in [2.45, 2.75) is 6.29 Å². The van der Waals surface area contributed by atoms with E-state index in [1.807, 2.05) is 0 Å². The van der Waals surface area contributed by atoms with E-state index in [-0.39, 0.29) is 19.8 Å². The third-order valence-electron chi connectivity index (χ3n) is 0.603. The Morgan fingerprint density at radius 1 is 1.62 bits per heavy atom. The average Bonchev–Trinajstić information content (AvgIpc) is 1.83. The SMILES string of the molecule is NCC(O)OCCO. The largest absolute Gasteiger partial charge is 0.394 e. The first-order valence-corrected chi connectivity index (χ1v) is 2.42. The zero-order chi connectivity index (χ0) is 6.41. The first kappa shape index (κ1) is 7.84. The average molecular weight is 121 g/mol. The van der Waals surface area contributed by atoms with Gasteiger partial charge in [-0.2, -0.15) is 0 Å². The van der Waals surface area contributed by atoms with Crippen LogP contribution in [0.4, 0.5) is 0 Å². The van der Waals surface area contributed by atoms with Gasteiger partial charge in [0, 0.05) is 6.54 Å². The fraction of sp³-hybridized carbons (Fsp3) is 1.00. The van der Waals surface area contributed by atoms with Gasteiger partial charge in [0.1, 0.15) is 0 Å². The van der Waals surface area contributed by atoms with Crippen LogP contribution in [0.1, 0.15) is 0 Å². The first-order chi connectivity index (χ1) is 3.81. The second-order valence-corrected chi connectivity index (χ2v) is 1.28. The van der Waals surface area contributed by atoms with E-state index < -0.39 is 6.29 Å². The molecule has 0 saturated carbocycles. The molecule has 0 aromatic rings. The van der Waals surface area contributed by atoms with Crippen LogP contribution in [0.5, 0.6) is 0 Å². The van der Waals surface area contributed by atoms with E-state index in [9.17, 15) is 0 Å². The summed E-state index contributed by atoms with van der Waals surface area (Å²) in [4.78, 5) is 0. The van der Waals surface area contributed by atoms with Crippen molar-refractivity contribution in [2.75, 3.05) is 19.8 Å². The predicted molar refractivity (Wildman–Crippen MR) is 28.1 cm³/mol. The lowest BCUT2D eigenvalue weighted by atomic mass is 10.6. The van der Waals surface area contributed by atoms with Crippen LogP contribution in [0.3, 0.4) is 0 Å². The van der Waals surface area contributed by atoms with E-state index in [0.717, 1.165) is 0 Å². The summed E-state index contributed by atoms with van der Waals surface area (Å²) in [6.07, 6.45) is -0.929. The maximum atomic E-state index is 8.53. The molecule has 4 heteroatoms. The van der Waals surface area contributed by atoms with Gasteiger partial charge in [-0.1, -0.05) is 0 Å². The van der Waals surface area contributed by atoms with Gasteiger partial charge in [-0.05, 0) is 0 Å². The molecule has 0 aliphatic heterocycles. The topological polar surface area (TPSA) is 75.7 Å². The van der Waals surface area contributed by atoms with Gasteiger partial charge in [0.15, 0.2) is 6.29 Å². The first-order valence-electron chi connectivity index (χ1n) is 2.42. The molecular weight excluding hydrogens is 110 g/mol. The van der Waals surface area contributed by atoms with Crippen molar-refractivity contribution in [2.24, 2.45) is 5.73 Å². The van der Waals surface area contributed by atoms with Crippen LogP contribution >= 0.6 is 0 Å². The highest BCUT2D eigenvalue weighted by molar-refractivity contribution is 4.37. The number of aliphatic hydroxyl groups excluding tert-OH is 2. The number of rotatable bonds is 4. The predicted octanol–water partition coefficient (Wildman–Crippen LogP) is -1.73. The molecule has 4 N–H and O–H groups in total. The molecule has 0 fully saturated rings. The van der Waals surface area contributed by atoms with E-state index in [1.54, 1.807) is 0 Å². The van der Waals surface area contributed by atoms with E-state index in [4.69, 9.17) is 15.9 Å². The summed E-state index contributed by atoms with van der Waals surface area (Å²) >= 11 is 0. The van der Waals surface area contributed by atoms with Crippen molar-refractivity contribution in [1.82, 2.24) is 0 Å². The second-order valence-electron chi connectivity index (χ2n) is 1.28. The summed E-state index contributed by atoms with van der Waals surface area (Å²) in [5.74, 6) is 0. The quantitative estimate of drug-likeness (QED) is 0.386. The third kappa shape index (κ3) is 4.01. The Labute approximate surface area is 47.9 Å². The molecule has 0 rings (SSSR count). The maximum Gasteiger partial charge on any atom is 0.166 e. The van der Waals surface area contributed by atoms with Crippen molar-refractivity contribution in [3.8, 4) is 0 Å². The lowest BCUT2D eigenvalue weighted by molar-refractivity contribution is -0.0991. The van der Waals surface area contributed by atoms with Crippen LogP contribution < -0.4 is 5.73 Å². The van der Waals surface area contributed by atoms with Crippen molar-refractivity contribution >= 4 is 0 Å². The van der Waals surface area contributed by atoms with Gasteiger partial charge in [-0.25, -0.2) is 0 Å². The Morgan fingerprint density at radius 3 is 2.62 bits per heavy atom. The molecule has 4 nitrogen and oxygen atoms in total. The van der Waals surface area contributed by atoms with Gasteiger partial charge >= 0.3 is 0 Å². The molecule has 1 unspecified atom stereocenters. The monoisotopic (exact) mass is 121 g/mol. The summed E-state index contributed by atoms with van der Waals surface area (Å²) in [5.41, 5.74) is 4.96. The smallest absolute Gasteiger partial charge is 0.166 e. The van der Waals surface area contributed by atoms with Crippen molar-refractivity contribution < 1.29 is 14.9 Å². The number of nitrogens with two attached hydrogens (primary N) is 1. The molecule has 0 heterocycles. The Morgan fingerprint density at radius 2 is 2.25 bits per heavy atom. The maximum absolute atomic E-state index is 8.53. The summed E-state index contributed by atoms with van der Waals surface area (Å²) < 4.78 is 4.52. The van der Waals surface area contributed by atoms with Crippen LogP contribution in [0.15, 0.2) is 0 Å². The van der Waals surface area contributed by atoms with Crippen LogP contribution in [0.25, 0.3) is 0 Å².